The molecule has 0 heterocycles. The van der Waals surface area contributed by atoms with Gasteiger partial charge in [0.05, 0.1) is 0 Å². The molecule has 0 saturated heterocycles. The van der Waals surface area contributed by atoms with Gasteiger partial charge in [0.15, 0.2) is 0 Å². The number of carbonyl (C=O) groups excluding carboxylic acids is 1. The number of amides is 2. The maximum Gasteiger partial charge on any atom is 0.319 e. The van der Waals surface area contributed by atoms with Crippen molar-refractivity contribution in [3.8, 4) is 0 Å². The molecule has 3 nitrogen and oxygen atoms in total. The first kappa shape index (κ1) is 15.9. The van der Waals surface area contributed by atoms with E-state index in [1.54, 1.807) is 11.8 Å². The third-order valence-electron chi connectivity index (χ3n) is 2.94. The molecule has 21 heavy (non-hydrogen) atoms. The summed E-state index contributed by atoms with van der Waals surface area (Å²) in [5.41, 5.74) is 2.01. The molecule has 0 spiro atoms. The second-order valence-electron chi connectivity index (χ2n) is 4.49. The quantitative estimate of drug-likeness (QED) is 0.764. The maximum atomic E-state index is 11.8. The fourth-order valence-corrected chi connectivity index (χ4v) is 2.57. The lowest BCUT2D eigenvalue weighted by Gasteiger charge is -2.08. The van der Waals surface area contributed by atoms with Crippen molar-refractivity contribution in [3.05, 3.63) is 58.6 Å². The highest BCUT2D eigenvalue weighted by Gasteiger charge is 2.02. The molecule has 0 aliphatic heterocycles. The van der Waals surface area contributed by atoms with Gasteiger partial charge in [-0.3, -0.25) is 0 Å². The molecular weight excluding hydrogens is 348 g/mol. The number of benzene rings is 2. The standard InChI is InChI=1S/C16H17BrN2OS/c1-21-15-4-2-3-14(11-15)19-16(20)18-10-9-12-5-7-13(17)8-6-12/h2-8,11H,9-10H2,1H3,(H2,18,19,20). The molecule has 2 amide bonds. The van der Waals surface area contributed by atoms with Gasteiger partial charge in [-0.15, -0.1) is 11.8 Å². The summed E-state index contributed by atoms with van der Waals surface area (Å²) in [5.74, 6) is 0. The highest BCUT2D eigenvalue weighted by atomic mass is 79.9. The fourth-order valence-electron chi connectivity index (χ4n) is 1.85. The van der Waals surface area contributed by atoms with E-state index in [1.807, 2.05) is 54.8 Å². The summed E-state index contributed by atoms with van der Waals surface area (Å²) >= 11 is 5.05. The Morgan fingerprint density at radius 2 is 1.95 bits per heavy atom. The predicted molar refractivity (Wildman–Crippen MR) is 93.1 cm³/mol. The van der Waals surface area contributed by atoms with Gasteiger partial charge in [0.1, 0.15) is 0 Å². The molecule has 0 radical (unpaired) electrons. The van der Waals surface area contributed by atoms with Crippen LogP contribution in [-0.2, 0) is 6.42 Å². The molecule has 0 saturated carbocycles. The summed E-state index contributed by atoms with van der Waals surface area (Å²) < 4.78 is 1.06. The van der Waals surface area contributed by atoms with E-state index in [1.165, 1.54) is 5.56 Å². The molecule has 2 rings (SSSR count). The number of carbonyl (C=O) groups is 1. The summed E-state index contributed by atoms with van der Waals surface area (Å²) in [6.45, 7) is 0.607. The topological polar surface area (TPSA) is 41.1 Å². The van der Waals surface area contributed by atoms with Gasteiger partial charge in [-0.1, -0.05) is 34.1 Å². The largest absolute Gasteiger partial charge is 0.338 e. The SMILES string of the molecule is CSc1cccc(NC(=O)NCCc2ccc(Br)cc2)c1. The Bertz CT molecular complexity index is 601. The van der Waals surface area contributed by atoms with Gasteiger partial charge in [0, 0.05) is 21.6 Å². The van der Waals surface area contributed by atoms with Crippen molar-refractivity contribution >= 4 is 39.4 Å². The lowest BCUT2D eigenvalue weighted by Crippen LogP contribution is -2.30. The van der Waals surface area contributed by atoms with E-state index in [0.29, 0.717) is 6.54 Å². The Balaban J connectivity index is 1.78. The van der Waals surface area contributed by atoms with E-state index in [2.05, 4.69) is 26.6 Å². The minimum absolute atomic E-state index is 0.176. The molecule has 0 aromatic heterocycles. The minimum atomic E-state index is -0.176. The van der Waals surface area contributed by atoms with E-state index in [-0.39, 0.29) is 6.03 Å². The highest BCUT2D eigenvalue weighted by molar-refractivity contribution is 9.10. The van der Waals surface area contributed by atoms with Crippen molar-refractivity contribution in [2.75, 3.05) is 18.1 Å². The molecule has 0 aliphatic carbocycles. The Morgan fingerprint density at radius 1 is 1.19 bits per heavy atom. The third-order valence-corrected chi connectivity index (χ3v) is 4.19. The molecule has 0 atom stereocenters. The molecule has 2 aromatic rings. The zero-order chi connectivity index (χ0) is 15.1. The zero-order valence-corrected chi connectivity index (χ0v) is 14.1. The van der Waals surface area contributed by atoms with Crippen molar-refractivity contribution in [2.24, 2.45) is 0 Å². The lowest BCUT2D eigenvalue weighted by atomic mass is 10.1. The first-order valence-corrected chi connectivity index (χ1v) is 8.62. The van der Waals surface area contributed by atoms with Crippen LogP contribution in [0, 0.1) is 0 Å². The number of rotatable bonds is 5. The van der Waals surface area contributed by atoms with Crippen molar-refractivity contribution in [1.29, 1.82) is 0 Å². The van der Waals surface area contributed by atoms with Crippen LogP contribution in [0.25, 0.3) is 0 Å². The van der Waals surface area contributed by atoms with Gasteiger partial charge in [-0.25, -0.2) is 4.79 Å². The van der Waals surface area contributed by atoms with E-state index < -0.39 is 0 Å². The molecule has 0 bridgehead atoms. The third kappa shape index (κ3) is 5.44. The molecular formula is C16H17BrN2OS. The molecule has 0 unspecified atom stereocenters. The van der Waals surface area contributed by atoms with E-state index in [0.717, 1.165) is 21.5 Å². The Hall–Kier alpha value is -1.46. The van der Waals surface area contributed by atoms with Gasteiger partial charge in [0.25, 0.3) is 0 Å². The number of nitrogens with one attached hydrogen (secondary N) is 2. The van der Waals surface area contributed by atoms with Crippen LogP contribution < -0.4 is 10.6 Å². The Morgan fingerprint density at radius 3 is 2.67 bits per heavy atom. The van der Waals surface area contributed by atoms with E-state index in [4.69, 9.17) is 0 Å². The normalized spacial score (nSPS) is 10.2. The molecule has 0 aliphatic rings. The lowest BCUT2D eigenvalue weighted by molar-refractivity contribution is 0.252. The second-order valence-corrected chi connectivity index (χ2v) is 6.28. The van der Waals surface area contributed by atoms with Crippen LogP contribution in [0.3, 0.4) is 0 Å². The Kier molecular flexibility index (Phi) is 6.14. The van der Waals surface area contributed by atoms with Crippen LogP contribution in [0.4, 0.5) is 10.5 Å². The van der Waals surface area contributed by atoms with Gasteiger partial charge < -0.3 is 10.6 Å². The van der Waals surface area contributed by atoms with Crippen molar-refractivity contribution < 1.29 is 4.79 Å². The van der Waals surface area contributed by atoms with Crippen LogP contribution in [0.1, 0.15) is 5.56 Å². The van der Waals surface area contributed by atoms with Crippen LogP contribution in [-0.4, -0.2) is 18.8 Å². The van der Waals surface area contributed by atoms with E-state index >= 15 is 0 Å². The van der Waals surface area contributed by atoms with Gasteiger partial charge in [-0.05, 0) is 48.6 Å². The smallest absolute Gasteiger partial charge is 0.319 e. The maximum absolute atomic E-state index is 11.8. The molecule has 0 fully saturated rings. The number of urea groups is 1. The average Bonchev–Trinajstić information content (AvgIpc) is 2.49. The number of hydrogen-bond donors (Lipinski definition) is 2. The number of halogens is 1. The number of thioether (sulfide) groups is 1. The van der Waals surface area contributed by atoms with E-state index in [9.17, 15) is 4.79 Å². The first-order chi connectivity index (χ1) is 10.2. The van der Waals surface area contributed by atoms with Crippen molar-refractivity contribution in [3.63, 3.8) is 0 Å². The molecule has 2 N–H and O–H groups in total. The second kappa shape index (κ2) is 8.10. The summed E-state index contributed by atoms with van der Waals surface area (Å²) in [7, 11) is 0. The summed E-state index contributed by atoms with van der Waals surface area (Å²) in [4.78, 5) is 12.9. The monoisotopic (exact) mass is 364 g/mol. The summed E-state index contributed by atoms with van der Waals surface area (Å²) in [6.07, 6.45) is 2.82. The van der Waals surface area contributed by atoms with Crippen molar-refractivity contribution in [2.45, 2.75) is 11.3 Å². The van der Waals surface area contributed by atoms with Crippen molar-refractivity contribution in [1.82, 2.24) is 5.32 Å². The minimum Gasteiger partial charge on any atom is -0.338 e. The zero-order valence-electron chi connectivity index (χ0n) is 11.7. The van der Waals surface area contributed by atoms with Gasteiger partial charge in [-0.2, -0.15) is 0 Å². The van der Waals surface area contributed by atoms with Crippen LogP contribution in [0.2, 0.25) is 0 Å². The highest BCUT2D eigenvalue weighted by Crippen LogP contribution is 2.18. The fraction of sp³-hybridized carbons (Fsp3) is 0.188. The van der Waals surface area contributed by atoms with Crippen LogP contribution in [0.5, 0.6) is 0 Å². The number of anilines is 1. The van der Waals surface area contributed by atoms with Crippen LogP contribution >= 0.6 is 27.7 Å². The summed E-state index contributed by atoms with van der Waals surface area (Å²) in [5, 5.41) is 5.70. The summed E-state index contributed by atoms with van der Waals surface area (Å²) in [6, 6.07) is 15.7. The first-order valence-electron chi connectivity index (χ1n) is 6.61. The van der Waals surface area contributed by atoms with Gasteiger partial charge in [0.2, 0.25) is 0 Å². The predicted octanol–water partition coefficient (Wildman–Crippen LogP) is 4.54. The molecule has 2 aromatic carbocycles. The number of hydrogen-bond acceptors (Lipinski definition) is 2. The molecule has 5 heteroatoms. The van der Waals surface area contributed by atoms with Gasteiger partial charge >= 0.3 is 6.03 Å². The van der Waals surface area contributed by atoms with Crippen LogP contribution in [0.15, 0.2) is 57.9 Å². The molecule has 110 valence electrons. The average molecular weight is 365 g/mol. The Labute approximate surface area is 137 Å².